The van der Waals surface area contributed by atoms with Crippen LogP contribution in [0.1, 0.15) is 60.8 Å². The van der Waals surface area contributed by atoms with Gasteiger partial charge in [-0.1, -0.05) is 47.1 Å². The first-order valence-electron chi connectivity index (χ1n) is 10.5. The van der Waals surface area contributed by atoms with Gasteiger partial charge in [0.25, 0.3) is 0 Å². The van der Waals surface area contributed by atoms with Gasteiger partial charge in [0.15, 0.2) is 0 Å². The van der Waals surface area contributed by atoms with Gasteiger partial charge < -0.3 is 15.3 Å². The van der Waals surface area contributed by atoms with Crippen molar-refractivity contribution in [3.8, 4) is 0 Å². The molecular formula is C22H39N3O4. The second kappa shape index (κ2) is 10.2. The van der Waals surface area contributed by atoms with Crippen molar-refractivity contribution < 1.29 is 19.5 Å². The maximum atomic E-state index is 13.4. The summed E-state index contributed by atoms with van der Waals surface area (Å²) in [5, 5.41) is 12.2. The first-order chi connectivity index (χ1) is 13.3. The topological polar surface area (TPSA) is 90.0 Å². The summed E-state index contributed by atoms with van der Waals surface area (Å²) in [6, 6.07) is -1.30. The van der Waals surface area contributed by atoms with E-state index in [0.717, 1.165) is 25.8 Å². The fourth-order valence-corrected chi connectivity index (χ4v) is 3.72. The Kier molecular flexibility index (Phi) is 8.87. The molecule has 0 aromatic carbocycles. The van der Waals surface area contributed by atoms with Gasteiger partial charge >= 0.3 is 5.97 Å². The number of likely N-dealkylation sites (tertiary alicyclic amines) is 1. The molecule has 166 valence electrons. The number of likely N-dealkylation sites (N-methyl/N-ethyl adjacent to an activating group) is 2. The number of piperidine rings is 1. The van der Waals surface area contributed by atoms with Crippen LogP contribution < -0.4 is 5.32 Å². The number of aliphatic carboxylic acids is 1. The number of carboxylic acids is 1. The lowest BCUT2D eigenvalue weighted by Gasteiger charge is -2.39. The second-order valence-corrected chi connectivity index (χ2v) is 9.64. The molecule has 0 radical (unpaired) electrons. The van der Waals surface area contributed by atoms with Gasteiger partial charge in [-0.2, -0.15) is 0 Å². The third-order valence-corrected chi connectivity index (χ3v) is 5.71. The van der Waals surface area contributed by atoms with E-state index in [9.17, 15) is 19.5 Å². The molecule has 3 atom stereocenters. The molecule has 1 aliphatic rings. The van der Waals surface area contributed by atoms with Crippen LogP contribution in [-0.2, 0) is 14.4 Å². The van der Waals surface area contributed by atoms with E-state index in [1.807, 2.05) is 46.6 Å². The molecule has 0 spiro atoms. The minimum Gasteiger partial charge on any atom is -0.478 e. The van der Waals surface area contributed by atoms with Gasteiger partial charge in [-0.25, -0.2) is 4.79 Å². The van der Waals surface area contributed by atoms with E-state index in [4.69, 9.17) is 0 Å². The van der Waals surface area contributed by atoms with Gasteiger partial charge in [-0.3, -0.25) is 14.5 Å². The zero-order chi connectivity index (χ0) is 22.5. The number of carbonyl (C=O) groups is 3. The van der Waals surface area contributed by atoms with Crippen molar-refractivity contribution in [3.05, 3.63) is 11.6 Å². The molecule has 7 heteroatoms. The lowest BCUT2D eigenvalue weighted by Crippen LogP contribution is -2.59. The summed E-state index contributed by atoms with van der Waals surface area (Å²) in [6.45, 7) is 12.1. The molecule has 0 saturated carbocycles. The molecule has 29 heavy (non-hydrogen) atoms. The summed E-state index contributed by atoms with van der Waals surface area (Å²) in [6.07, 6.45) is 4.49. The smallest absolute Gasteiger partial charge is 0.331 e. The molecular weight excluding hydrogens is 370 g/mol. The number of nitrogens with one attached hydrogen (secondary N) is 1. The molecule has 1 unspecified atom stereocenters. The van der Waals surface area contributed by atoms with Crippen molar-refractivity contribution in [2.24, 2.45) is 11.3 Å². The summed E-state index contributed by atoms with van der Waals surface area (Å²) < 4.78 is 0. The number of carbonyl (C=O) groups excluding carboxylic acids is 2. The van der Waals surface area contributed by atoms with E-state index in [0.29, 0.717) is 0 Å². The third kappa shape index (κ3) is 6.84. The fourth-order valence-electron chi connectivity index (χ4n) is 3.72. The van der Waals surface area contributed by atoms with Crippen molar-refractivity contribution in [2.75, 3.05) is 20.6 Å². The van der Waals surface area contributed by atoms with E-state index in [-0.39, 0.29) is 35.4 Å². The molecule has 1 aliphatic heterocycles. The highest BCUT2D eigenvalue weighted by atomic mass is 16.4. The van der Waals surface area contributed by atoms with Crippen molar-refractivity contribution in [3.63, 3.8) is 0 Å². The SMILES string of the molecule is CC(=CC(C(C)C)N(C)C(=O)[C@H](NC(=O)[C@@H]1CCCCN1C)C(C)(C)C)C(=O)O. The maximum absolute atomic E-state index is 13.4. The first-order valence-corrected chi connectivity index (χ1v) is 10.5. The first kappa shape index (κ1) is 25.1. The normalized spacial score (nSPS) is 20.9. The molecule has 2 N–H and O–H groups in total. The molecule has 0 aliphatic carbocycles. The van der Waals surface area contributed by atoms with E-state index in [1.165, 1.54) is 6.92 Å². The number of nitrogens with zero attached hydrogens (tertiary/aromatic N) is 2. The zero-order valence-corrected chi connectivity index (χ0v) is 19.3. The van der Waals surface area contributed by atoms with E-state index in [2.05, 4.69) is 5.32 Å². The summed E-state index contributed by atoms with van der Waals surface area (Å²) in [4.78, 5) is 41.2. The molecule has 1 rings (SSSR count). The lowest BCUT2D eigenvalue weighted by molar-refractivity contribution is -0.141. The van der Waals surface area contributed by atoms with Gasteiger partial charge in [0.1, 0.15) is 6.04 Å². The van der Waals surface area contributed by atoms with E-state index in [1.54, 1.807) is 18.0 Å². The number of amides is 2. The van der Waals surface area contributed by atoms with Gasteiger partial charge in [0.2, 0.25) is 11.8 Å². The van der Waals surface area contributed by atoms with E-state index < -0.39 is 17.4 Å². The van der Waals surface area contributed by atoms with Crippen molar-refractivity contribution in [2.45, 2.75) is 78.9 Å². The molecule has 7 nitrogen and oxygen atoms in total. The summed E-state index contributed by atoms with van der Waals surface area (Å²) >= 11 is 0. The molecule has 0 bridgehead atoms. The van der Waals surface area contributed by atoms with Gasteiger partial charge in [0, 0.05) is 12.6 Å². The number of rotatable bonds is 7. The molecule has 0 aromatic heterocycles. The average molecular weight is 410 g/mol. The maximum Gasteiger partial charge on any atom is 0.331 e. The Morgan fingerprint density at radius 1 is 1.21 bits per heavy atom. The lowest BCUT2D eigenvalue weighted by atomic mass is 9.84. The fraction of sp³-hybridized carbons (Fsp3) is 0.773. The Morgan fingerprint density at radius 3 is 2.24 bits per heavy atom. The minimum absolute atomic E-state index is 0.0269. The Bertz CT molecular complexity index is 636. The Hall–Kier alpha value is -1.89. The number of carboxylic acid groups (broad SMARTS) is 1. The number of hydrogen-bond acceptors (Lipinski definition) is 4. The number of hydrogen-bond donors (Lipinski definition) is 2. The van der Waals surface area contributed by atoms with Crippen LogP contribution in [0.4, 0.5) is 0 Å². The van der Waals surface area contributed by atoms with Crippen LogP contribution in [0.25, 0.3) is 0 Å². The molecule has 1 saturated heterocycles. The summed E-state index contributed by atoms with van der Waals surface area (Å²) in [7, 11) is 3.62. The molecule has 1 fully saturated rings. The predicted octanol–water partition coefficient (Wildman–Crippen LogP) is 2.52. The Morgan fingerprint density at radius 2 is 1.79 bits per heavy atom. The van der Waals surface area contributed by atoms with Crippen LogP contribution in [0.5, 0.6) is 0 Å². The Labute approximate surface area is 175 Å². The highest BCUT2D eigenvalue weighted by molar-refractivity contribution is 5.91. The van der Waals surface area contributed by atoms with Gasteiger partial charge in [-0.15, -0.1) is 0 Å². The quantitative estimate of drug-likeness (QED) is 0.631. The zero-order valence-electron chi connectivity index (χ0n) is 19.3. The third-order valence-electron chi connectivity index (χ3n) is 5.71. The summed E-state index contributed by atoms with van der Waals surface area (Å²) in [5.41, 5.74) is -0.287. The average Bonchev–Trinajstić information content (AvgIpc) is 2.61. The van der Waals surface area contributed by atoms with Crippen molar-refractivity contribution >= 4 is 17.8 Å². The largest absolute Gasteiger partial charge is 0.478 e. The monoisotopic (exact) mass is 409 g/mol. The van der Waals surface area contributed by atoms with Crippen LogP contribution in [-0.4, -0.2) is 71.5 Å². The van der Waals surface area contributed by atoms with Crippen LogP contribution in [0.15, 0.2) is 11.6 Å². The standard InChI is InChI=1S/C22H39N3O4/c1-14(2)17(13-15(3)21(28)29)25(8)20(27)18(22(4,5)6)23-19(26)16-11-9-10-12-24(16)7/h13-14,16-18H,9-12H2,1-8H3,(H,23,26)(H,28,29)/t16-,17?,18-/m0/s1. The highest BCUT2D eigenvalue weighted by Gasteiger charge is 2.39. The highest BCUT2D eigenvalue weighted by Crippen LogP contribution is 2.25. The van der Waals surface area contributed by atoms with Crippen molar-refractivity contribution in [1.29, 1.82) is 0 Å². The van der Waals surface area contributed by atoms with Crippen molar-refractivity contribution in [1.82, 2.24) is 15.1 Å². The second-order valence-electron chi connectivity index (χ2n) is 9.64. The minimum atomic E-state index is -1.00. The van der Waals surface area contributed by atoms with Crippen LogP contribution >= 0.6 is 0 Å². The summed E-state index contributed by atoms with van der Waals surface area (Å²) in [5.74, 6) is -1.30. The van der Waals surface area contributed by atoms with Gasteiger partial charge in [0.05, 0.1) is 12.1 Å². The molecule has 0 aromatic rings. The van der Waals surface area contributed by atoms with E-state index >= 15 is 0 Å². The van der Waals surface area contributed by atoms with Crippen LogP contribution in [0.3, 0.4) is 0 Å². The molecule has 1 heterocycles. The van der Waals surface area contributed by atoms with Gasteiger partial charge in [-0.05, 0) is 44.7 Å². The van der Waals surface area contributed by atoms with Crippen LogP contribution in [0.2, 0.25) is 0 Å². The van der Waals surface area contributed by atoms with Crippen LogP contribution in [0, 0.1) is 11.3 Å². The predicted molar refractivity (Wildman–Crippen MR) is 114 cm³/mol. The molecule has 2 amide bonds. The Balaban J connectivity index is 3.10.